The lowest BCUT2D eigenvalue weighted by Gasteiger charge is -2.10. The number of rotatable bonds is 5. The number of carbonyl (C=O) groups excluding carboxylic acids is 1. The fourth-order valence-corrected chi connectivity index (χ4v) is 1.89. The van der Waals surface area contributed by atoms with Crippen molar-refractivity contribution in [1.82, 2.24) is 5.32 Å². The molecule has 0 bridgehead atoms. The van der Waals surface area contributed by atoms with Crippen molar-refractivity contribution in [3.63, 3.8) is 0 Å². The minimum absolute atomic E-state index is 0.0467. The number of nitro groups is 1. The smallest absolute Gasteiger partial charge is 0.322 e. The normalized spacial score (nSPS) is 10.0. The predicted molar refractivity (Wildman–Crippen MR) is 86.7 cm³/mol. The second-order valence-corrected chi connectivity index (χ2v) is 4.94. The van der Waals surface area contributed by atoms with Gasteiger partial charge in [-0.1, -0.05) is 18.2 Å². The number of benzene rings is 2. The maximum absolute atomic E-state index is 11.8. The summed E-state index contributed by atoms with van der Waals surface area (Å²) in [4.78, 5) is 22.1. The van der Waals surface area contributed by atoms with Crippen molar-refractivity contribution in [2.24, 2.45) is 0 Å². The summed E-state index contributed by atoms with van der Waals surface area (Å²) in [6.45, 7) is 3.92. The van der Waals surface area contributed by atoms with E-state index in [1.165, 1.54) is 18.2 Å². The van der Waals surface area contributed by atoms with E-state index in [9.17, 15) is 14.9 Å². The van der Waals surface area contributed by atoms with E-state index in [4.69, 9.17) is 4.74 Å². The molecule has 0 fully saturated rings. The molecule has 120 valence electrons. The summed E-state index contributed by atoms with van der Waals surface area (Å²) < 4.78 is 5.42. The third kappa shape index (κ3) is 4.44. The minimum atomic E-state index is -0.580. The highest BCUT2D eigenvalue weighted by atomic mass is 16.6. The molecule has 0 unspecified atom stereocenters. The molecular formula is C16H17N3O4. The number of nitrogens with zero attached hydrogens (tertiary/aromatic N) is 1. The standard InChI is InChI=1S/C16H17N3O4/c1-11-7-8-13(9-12(11)2)23-10-17-16(20)18-14-5-3-4-6-15(14)19(21)22/h3-9H,10H2,1-2H3,(H2,17,18,20). The maximum atomic E-state index is 11.8. The molecule has 2 rings (SSSR count). The summed E-state index contributed by atoms with van der Waals surface area (Å²) in [7, 11) is 0. The van der Waals surface area contributed by atoms with Crippen LogP contribution in [0.1, 0.15) is 11.1 Å². The van der Waals surface area contributed by atoms with Crippen LogP contribution < -0.4 is 15.4 Å². The van der Waals surface area contributed by atoms with Gasteiger partial charge in [0, 0.05) is 6.07 Å². The molecule has 2 aromatic rings. The van der Waals surface area contributed by atoms with E-state index in [0.717, 1.165) is 11.1 Å². The lowest BCUT2D eigenvalue weighted by atomic mass is 10.1. The van der Waals surface area contributed by atoms with Gasteiger partial charge in [-0.05, 0) is 43.2 Å². The molecule has 2 N–H and O–H groups in total. The van der Waals surface area contributed by atoms with E-state index in [2.05, 4.69) is 10.6 Å². The van der Waals surface area contributed by atoms with Gasteiger partial charge in [-0.15, -0.1) is 0 Å². The summed E-state index contributed by atoms with van der Waals surface area (Å²) in [5.41, 5.74) is 2.20. The Morgan fingerprint density at radius 2 is 1.91 bits per heavy atom. The van der Waals surface area contributed by atoms with Gasteiger partial charge in [-0.3, -0.25) is 10.1 Å². The molecule has 2 amide bonds. The van der Waals surface area contributed by atoms with Gasteiger partial charge >= 0.3 is 6.03 Å². The molecule has 0 aliphatic heterocycles. The first kappa shape index (κ1) is 16.3. The van der Waals surface area contributed by atoms with Gasteiger partial charge in [0.1, 0.15) is 11.4 Å². The van der Waals surface area contributed by atoms with Crippen LogP contribution in [0.5, 0.6) is 5.75 Å². The fraction of sp³-hybridized carbons (Fsp3) is 0.188. The van der Waals surface area contributed by atoms with Crippen LogP contribution in [0, 0.1) is 24.0 Å². The van der Waals surface area contributed by atoms with E-state index in [1.54, 1.807) is 6.07 Å². The Bertz CT molecular complexity index is 731. The molecule has 7 heteroatoms. The highest BCUT2D eigenvalue weighted by Crippen LogP contribution is 2.22. The summed E-state index contributed by atoms with van der Waals surface area (Å²) in [5, 5.41) is 15.8. The fourth-order valence-electron chi connectivity index (χ4n) is 1.89. The van der Waals surface area contributed by atoms with Crippen LogP contribution in [0.15, 0.2) is 42.5 Å². The lowest BCUT2D eigenvalue weighted by Crippen LogP contribution is -2.32. The van der Waals surface area contributed by atoms with Gasteiger partial charge in [-0.25, -0.2) is 4.79 Å². The summed E-state index contributed by atoms with van der Waals surface area (Å²) in [5.74, 6) is 0.638. The van der Waals surface area contributed by atoms with E-state index in [0.29, 0.717) is 5.75 Å². The van der Waals surface area contributed by atoms with Gasteiger partial charge in [0.25, 0.3) is 5.69 Å². The van der Waals surface area contributed by atoms with E-state index < -0.39 is 11.0 Å². The summed E-state index contributed by atoms with van der Waals surface area (Å²) >= 11 is 0. The molecular weight excluding hydrogens is 298 g/mol. The second-order valence-electron chi connectivity index (χ2n) is 4.94. The summed E-state index contributed by atoms with van der Waals surface area (Å²) in [6, 6.07) is 10.9. The Hall–Kier alpha value is -3.09. The molecule has 0 saturated carbocycles. The number of hydrogen-bond donors (Lipinski definition) is 2. The van der Waals surface area contributed by atoms with Crippen molar-refractivity contribution < 1.29 is 14.5 Å². The van der Waals surface area contributed by atoms with Gasteiger partial charge in [-0.2, -0.15) is 0 Å². The molecule has 23 heavy (non-hydrogen) atoms. The van der Waals surface area contributed by atoms with Crippen molar-refractivity contribution in [2.75, 3.05) is 12.0 Å². The number of hydrogen-bond acceptors (Lipinski definition) is 4. The van der Waals surface area contributed by atoms with Gasteiger partial charge in [0.2, 0.25) is 0 Å². The molecule has 0 radical (unpaired) electrons. The topological polar surface area (TPSA) is 93.5 Å². The molecule has 0 atom stereocenters. The number of aryl methyl sites for hydroxylation is 2. The summed E-state index contributed by atoms with van der Waals surface area (Å²) in [6.07, 6.45) is 0. The first-order valence-electron chi connectivity index (χ1n) is 6.95. The van der Waals surface area contributed by atoms with Crippen LogP contribution in [0.25, 0.3) is 0 Å². The number of nitrogens with one attached hydrogen (secondary N) is 2. The number of carbonyl (C=O) groups is 1. The van der Waals surface area contributed by atoms with Crippen LogP contribution in [-0.2, 0) is 0 Å². The quantitative estimate of drug-likeness (QED) is 0.502. The van der Waals surface area contributed by atoms with E-state index >= 15 is 0 Å². The Morgan fingerprint density at radius 1 is 1.17 bits per heavy atom. The number of ether oxygens (including phenoxy) is 1. The van der Waals surface area contributed by atoms with E-state index in [1.807, 2.05) is 32.0 Å². The molecule has 0 aromatic heterocycles. The molecule has 0 aliphatic rings. The Kier molecular flexibility index (Phi) is 5.14. The Labute approximate surface area is 133 Å². The average Bonchev–Trinajstić information content (AvgIpc) is 2.51. The third-order valence-electron chi connectivity index (χ3n) is 3.30. The zero-order valence-electron chi connectivity index (χ0n) is 12.8. The number of para-hydroxylation sites is 2. The number of urea groups is 1. The first-order chi connectivity index (χ1) is 11.0. The molecule has 0 saturated heterocycles. The molecule has 2 aromatic carbocycles. The highest BCUT2D eigenvalue weighted by Gasteiger charge is 2.14. The van der Waals surface area contributed by atoms with E-state index in [-0.39, 0.29) is 18.1 Å². The van der Waals surface area contributed by atoms with Crippen LogP contribution in [0.4, 0.5) is 16.2 Å². The Morgan fingerprint density at radius 3 is 2.61 bits per heavy atom. The zero-order chi connectivity index (χ0) is 16.8. The lowest BCUT2D eigenvalue weighted by molar-refractivity contribution is -0.383. The van der Waals surface area contributed by atoms with Crippen molar-refractivity contribution in [1.29, 1.82) is 0 Å². The van der Waals surface area contributed by atoms with Crippen molar-refractivity contribution in [3.8, 4) is 5.75 Å². The van der Waals surface area contributed by atoms with Crippen LogP contribution in [-0.4, -0.2) is 17.7 Å². The average molecular weight is 315 g/mol. The minimum Gasteiger partial charge on any atom is -0.473 e. The first-order valence-corrected chi connectivity index (χ1v) is 6.95. The zero-order valence-corrected chi connectivity index (χ0v) is 12.8. The van der Waals surface area contributed by atoms with Crippen LogP contribution in [0.2, 0.25) is 0 Å². The maximum Gasteiger partial charge on any atom is 0.322 e. The predicted octanol–water partition coefficient (Wildman–Crippen LogP) is 3.37. The number of nitro benzene ring substituents is 1. The molecule has 7 nitrogen and oxygen atoms in total. The second kappa shape index (κ2) is 7.26. The largest absolute Gasteiger partial charge is 0.473 e. The third-order valence-corrected chi connectivity index (χ3v) is 3.30. The van der Waals surface area contributed by atoms with Crippen LogP contribution >= 0.6 is 0 Å². The van der Waals surface area contributed by atoms with Crippen LogP contribution in [0.3, 0.4) is 0 Å². The van der Waals surface area contributed by atoms with Crippen molar-refractivity contribution in [3.05, 3.63) is 63.7 Å². The number of anilines is 1. The number of amides is 2. The molecule has 0 spiro atoms. The molecule has 0 heterocycles. The van der Waals surface area contributed by atoms with Crippen molar-refractivity contribution in [2.45, 2.75) is 13.8 Å². The monoisotopic (exact) mass is 315 g/mol. The van der Waals surface area contributed by atoms with Gasteiger partial charge in [0.15, 0.2) is 6.73 Å². The van der Waals surface area contributed by atoms with Crippen molar-refractivity contribution >= 4 is 17.4 Å². The van der Waals surface area contributed by atoms with Gasteiger partial charge in [0.05, 0.1) is 4.92 Å². The molecule has 0 aliphatic carbocycles. The SMILES string of the molecule is Cc1ccc(OCNC(=O)Nc2ccccc2[N+](=O)[O-])cc1C. The van der Waals surface area contributed by atoms with Gasteiger partial charge < -0.3 is 15.4 Å². The highest BCUT2D eigenvalue weighted by molar-refractivity contribution is 5.91. The Balaban J connectivity index is 1.88.